The van der Waals surface area contributed by atoms with E-state index in [-0.39, 0.29) is 0 Å². The Balaban J connectivity index is 2.21. The van der Waals surface area contributed by atoms with Gasteiger partial charge in [0.25, 0.3) is 0 Å². The zero-order valence-corrected chi connectivity index (χ0v) is 14.2. The smallest absolute Gasteiger partial charge is 0.0771 e. The summed E-state index contributed by atoms with van der Waals surface area (Å²) in [6, 6.07) is 4.64. The highest BCUT2D eigenvalue weighted by Gasteiger charge is 2.22. The fourth-order valence-electron chi connectivity index (χ4n) is 2.79. The number of hydrogen-bond donors (Lipinski definition) is 0. The van der Waals surface area contributed by atoms with Crippen LogP contribution >= 0.6 is 0 Å². The second kappa shape index (κ2) is 5.13. The Morgan fingerprint density at radius 3 is 2.32 bits per heavy atom. The van der Waals surface area contributed by atoms with Crippen molar-refractivity contribution in [2.75, 3.05) is 0 Å². The molecule has 0 bridgehead atoms. The molecule has 0 N–H and O–H groups in total. The predicted molar refractivity (Wildman–Crippen MR) is 88.4 cm³/mol. The summed E-state index contributed by atoms with van der Waals surface area (Å²) >= 11 is 0. The molecule has 1 aliphatic carbocycles. The van der Waals surface area contributed by atoms with E-state index in [9.17, 15) is 0 Å². The third-order valence-corrected chi connectivity index (χ3v) is 6.22. The average molecular weight is 270 g/mol. The summed E-state index contributed by atoms with van der Waals surface area (Å²) in [4.78, 5) is 0. The number of allylic oxidation sites excluding steroid dienone is 4. The van der Waals surface area contributed by atoms with Crippen LogP contribution in [-0.4, -0.2) is 8.07 Å². The Kier molecular flexibility index (Phi) is 3.87. The third-order valence-electron chi connectivity index (χ3n) is 4.16. The van der Waals surface area contributed by atoms with Gasteiger partial charge in [0.15, 0.2) is 0 Å². The Bertz CT molecular complexity index is 542. The summed E-state index contributed by atoms with van der Waals surface area (Å²) in [6.07, 6.45) is 8.42. The lowest BCUT2D eigenvalue weighted by atomic mass is 9.93. The first-order valence-corrected chi connectivity index (χ1v) is 10.7. The van der Waals surface area contributed by atoms with E-state index in [0.29, 0.717) is 5.92 Å². The average Bonchev–Trinajstić information content (AvgIpc) is 2.73. The number of aryl methyl sites for hydroxylation is 2. The van der Waals surface area contributed by atoms with Gasteiger partial charge in [-0.1, -0.05) is 60.8 Å². The van der Waals surface area contributed by atoms with Gasteiger partial charge in [0.05, 0.1) is 8.07 Å². The van der Waals surface area contributed by atoms with E-state index >= 15 is 0 Å². The first kappa shape index (κ1) is 14.3. The van der Waals surface area contributed by atoms with Crippen molar-refractivity contribution in [1.82, 2.24) is 0 Å². The van der Waals surface area contributed by atoms with Crippen molar-refractivity contribution in [2.45, 2.75) is 46.8 Å². The largest absolute Gasteiger partial charge is 0.0780 e. The van der Waals surface area contributed by atoms with Crippen molar-refractivity contribution in [3.05, 3.63) is 57.8 Å². The van der Waals surface area contributed by atoms with E-state index < -0.39 is 8.07 Å². The molecule has 1 aromatic carbocycles. The molecular formula is C18H26Si. The van der Waals surface area contributed by atoms with Crippen LogP contribution in [0.2, 0.25) is 19.6 Å². The summed E-state index contributed by atoms with van der Waals surface area (Å²) in [5, 5.41) is 1.61. The van der Waals surface area contributed by atoms with Gasteiger partial charge < -0.3 is 0 Å². The van der Waals surface area contributed by atoms with Crippen molar-refractivity contribution in [1.29, 1.82) is 0 Å². The summed E-state index contributed by atoms with van der Waals surface area (Å²) in [6.45, 7) is 13.9. The Labute approximate surface area is 119 Å². The maximum absolute atomic E-state index is 2.50. The molecule has 0 saturated heterocycles. The van der Waals surface area contributed by atoms with Crippen molar-refractivity contribution in [3.63, 3.8) is 0 Å². The molecule has 1 aromatic rings. The van der Waals surface area contributed by atoms with E-state index in [0.717, 1.165) is 6.42 Å². The topological polar surface area (TPSA) is 0 Å². The van der Waals surface area contributed by atoms with Gasteiger partial charge in [-0.3, -0.25) is 0 Å². The first-order chi connectivity index (χ1) is 8.77. The molecular weight excluding hydrogens is 244 g/mol. The molecule has 2 rings (SSSR count). The van der Waals surface area contributed by atoms with E-state index in [1.54, 1.807) is 5.20 Å². The molecule has 0 aliphatic heterocycles. The molecule has 0 fully saturated rings. The number of rotatable bonds is 3. The molecule has 0 aromatic heterocycles. The van der Waals surface area contributed by atoms with Crippen molar-refractivity contribution >= 4 is 8.07 Å². The van der Waals surface area contributed by atoms with Crippen molar-refractivity contribution in [2.24, 2.45) is 5.92 Å². The highest BCUT2D eigenvalue weighted by Crippen LogP contribution is 2.28. The standard InChI is InChI=1S/C18H26Si/c1-13-9-14(2)15(3)17(10-13)11-16-7-8-18(12-16)19(4,5)6/h7-10,12,16H,11H2,1-6H3. The van der Waals surface area contributed by atoms with E-state index in [1.165, 1.54) is 22.3 Å². The third kappa shape index (κ3) is 3.27. The minimum absolute atomic E-state index is 0.599. The first-order valence-electron chi connectivity index (χ1n) is 7.24. The van der Waals surface area contributed by atoms with Crippen LogP contribution in [0.25, 0.3) is 0 Å². The van der Waals surface area contributed by atoms with Gasteiger partial charge in [-0.05, 0) is 49.8 Å². The number of benzene rings is 1. The lowest BCUT2D eigenvalue weighted by Gasteiger charge is -2.16. The van der Waals surface area contributed by atoms with E-state index in [4.69, 9.17) is 0 Å². The summed E-state index contributed by atoms with van der Waals surface area (Å²) in [5.41, 5.74) is 5.79. The summed E-state index contributed by atoms with van der Waals surface area (Å²) in [7, 11) is -1.14. The lowest BCUT2D eigenvalue weighted by Crippen LogP contribution is -2.22. The summed E-state index contributed by atoms with van der Waals surface area (Å²) < 4.78 is 0. The minimum Gasteiger partial charge on any atom is -0.0780 e. The molecule has 0 amide bonds. The second-order valence-electron chi connectivity index (χ2n) is 6.97. The highest BCUT2D eigenvalue weighted by molar-refractivity contribution is 6.83. The van der Waals surface area contributed by atoms with Crippen LogP contribution < -0.4 is 0 Å². The van der Waals surface area contributed by atoms with Crippen LogP contribution in [0.3, 0.4) is 0 Å². The fourth-order valence-corrected chi connectivity index (χ4v) is 4.10. The predicted octanol–water partition coefficient (Wildman–Crippen LogP) is 5.14. The van der Waals surface area contributed by atoms with Crippen LogP contribution in [-0.2, 0) is 6.42 Å². The monoisotopic (exact) mass is 270 g/mol. The molecule has 1 unspecified atom stereocenters. The van der Waals surface area contributed by atoms with Crippen LogP contribution in [0, 0.1) is 26.7 Å². The van der Waals surface area contributed by atoms with Crippen LogP contribution in [0.15, 0.2) is 35.6 Å². The van der Waals surface area contributed by atoms with Crippen LogP contribution in [0.1, 0.15) is 22.3 Å². The minimum atomic E-state index is -1.14. The Hall–Kier alpha value is -1.08. The lowest BCUT2D eigenvalue weighted by molar-refractivity contribution is 0.807. The Morgan fingerprint density at radius 1 is 1.05 bits per heavy atom. The maximum Gasteiger partial charge on any atom is 0.0771 e. The highest BCUT2D eigenvalue weighted by atomic mass is 28.3. The molecule has 1 aliphatic rings. The molecule has 19 heavy (non-hydrogen) atoms. The van der Waals surface area contributed by atoms with Gasteiger partial charge in [0.2, 0.25) is 0 Å². The van der Waals surface area contributed by atoms with E-state index in [1.807, 2.05) is 0 Å². The summed E-state index contributed by atoms with van der Waals surface area (Å²) in [5.74, 6) is 0.599. The quantitative estimate of drug-likeness (QED) is 0.667. The SMILES string of the molecule is Cc1cc(C)c(C)c(CC2C=CC([Si](C)(C)C)=C2)c1. The van der Waals surface area contributed by atoms with Gasteiger partial charge in [-0.25, -0.2) is 0 Å². The molecule has 0 radical (unpaired) electrons. The Morgan fingerprint density at radius 2 is 1.74 bits per heavy atom. The normalized spacial score (nSPS) is 18.8. The van der Waals surface area contributed by atoms with Gasteiger partial charge in [-0.2, -0.15) is 0 Å². The van der Waals surface area contributed by atoms with Crippen LogP contribution in [0.5, 0.6) is 0 Å². The molecule has 0 nitrogen and oxygen atoms in total. The molecule has 0 saturated carbocycles. The molecule has 0 heterocycles. The van der Waals surface area contributed by atoms with Gasteiger partial charge in [-0.15, -0.1) is 0 Å². The van der Waals surface area contributed by atoms with Crippen molar-refractivity contribution < 1.29 is 0 Å². The molecule has 102 valence electrons. The maximum atomic E-state index is 2.50. The number of hydrogen-bond acceptors (Lipinski definition) is 0. The molecule has 1 heteroatoms. The zero-order chi connectivity index (χ0) is 14.2. The zero-order valence-electron chi connectivity index (χ0n) is 13.2. The van der Waals surface area contributed by atoms with Gasteiger partial charge in [0.1, 0.15) is 0 Å². The molecule has 1 atom stereocenters. The van der Waals surface area contributed by atoms with E-state index in [2.05, 4.69) is 70.8 Å². The van der Waals surface area contributed by atoms with Crippen molar-refractivity contribution in [3.8, 4) is 0 Å². The van der Waals surface area contributed by atoms with Crippen LogP contribution in [0.4, 0.5) is 0 Å². The van der Waals surface area contributed by atoms with Gasteiger partial charge >= 0.3 is 0 Å². The second-order valence-corrected chi connectivity index (χ2v) is 12.0. The fraction of sp³-hybridized carbons (Fsp3) is 0.444. The molecule has 0 spiro atoms. The van der Waals surface area contributed by atoms with Gasteiger partial charge in [0, 0.05) is 0 Å².